The van der Waals surface area contributed by atoms with Gasteiger partial charge in [0.05, 0.1) is 30.8 Å². The number of amides is 1. The Labute approximate surface area is 146 Å². The van der Waals surface area contributed by atoms with E-state index in [1.165, 1.54) is 0 Å². The van der Waals surface area contributed by atoms with Crippen LogP contribution in [0.5, 0.6) is 5.75 Å². The molecule has 4 rings (SSSR count). The second-order valence-electron chi connectivity index (χ2n) is 6.59. The van der Waals surface area contributed by atoms with Crippen molar-refractivity contribution in [2.45, 2.75) is 26.0 Å². The Morgan fingerprint density at radius 3 is 2.76 bits per heavy atom. The summed E-state index contributed by atoms with van der Waals surface area (Å²) in [6, 6.07) is 5.83. The number of hydrogen-bond acceptors (Lipinski definition) is 5. The van der Waals surface area contributed by atoms with Crippen molar-refractivity contribution in [1.82, 2.24) is 19.7 Å². The topological polar surface area (TPSA) is 72.8 Å². The zero-order valence-corrected chi connectivity index (χ0v) is 14.3. The van der Waals surface area contributed by atoms with Crippen molar-refractivity contribution in [2.24, 2.45) is 5.92 Å². The Morgan fingerprint density at radius 2 is 2.12 bits per heavy atom. The number of pyridine rings is 1. The number of likely N-dealkylation sites (tertiary alicyclic amines) is 1. The average molecular weight is 342 g/mol. The number of ether oxygens (including phenoxy) is 2. The predicted octanol–water partition coefficient (Wildman–Crippen LogP) is 2.11. The van der Waals surface area contributed by atoms with Crippen LogP contribution >= 0.6 is 0 Å². The van der Waals surface area contributed by atoms with Crippen molar-refractivity contribution in [3.05, 3.63) is 30.6 Å². The lowest BCUT2D eigenvalue weighted by Crippen LogP contribution is -2.38. The number of aromatic nitrogens is 3. The Kier molecular flexibility index (Phi) is 4.40. The number of nitrogens with zero attached hydrogens (tertiary/aromatic N) is 4. The van der Waals surface area contributed by atoms with E-state index in [9.17, 15) is 4.79 Å². The van der Waals surface area contributed by atoms with Gasteiger partial charge in [0.25, 0.3) is 0 Å². The molecule has 2 aromatic rings. The molecule has 1 atom stereocenters. The molecule has 2 aliphatic rings. The van der Waals surface area contributed by atoms with E-state index in [2.05, 4.69) is 10.1 Å². The molecule has 2 aliphatic heterocycles. The molecule has 0 bridgehead atoms. The number of epoxide rings is 1. The molecule has 7 nitrogen and oxygen atoms in total. The van der Waals surface area contributed by atoms with E-state index in [1.807, 2.05) is 27.8 Å². The molecule has 0 saturated carbocycles. The molecule has 0 N–H and O–H groups in total. The first kappa shape index (κ1) is 16.1. The predicted molar refractivity (Wildman–Crippen MR) is 90.9 cm³/mol. The number of carbonyl (C=O) groups is 1. The smallest absolute Gasteiger partial charge is 0.219 e. The monoisotopic (exact) mass is 342 g/mol. The summed E-state index contributed by atoms with van der Waals surface area (Å²) < 4.78 is 13.0. The number of carbonyl (C=O) groups excluding carboxylic acids is 1. The fourth-order valence-electron chi connectivity index (χ4n) is 3.18. The van der Waals surface area contributed by atoms with Gasteiger partial charge in [-0.15, -0.1) is 0 Å². The lowest BCUT2D eigenvalue weighted by atomic mass is 9.98. The van der Waals surface area contributed by atoms with E-state index in [1.54, 1.807) is 19.3 Å². The average Bonchev–Trinajstić information content (AvgIpc) is 3.37. The molecule has 132 valence electrons. The largest absolute Gasteiger partial charge is 0.492 e. The zero-order chi connectivity index (χ0) is 17.2. The van der Waals surface area contributed by atoms with E-state index in [-0.39, 0.29) is 12.1 Å². The van der Waals surface area contributed by atoms with Crippen LogP contribution < -0.4 is 4.74 Å². The van der Waals surface area contributed by atoms with Gasteiger partial charge in [-0.05, 0) is 37.0 Å². The molecule has 1 unspecified atom stereocenters. The Bertz CT molecular complexity index is 731. The minimum atomic E-state index is 0.0450. The summed E-state index contributed by atoms with van der Waals surface area (Å²) in [6.45, 7) is 4.66. The molecular weight excluding hydrogens is 320 g/mol. The number of piperidine rings is 1. The van der Waals surface area contributed by atoms with Crippen molar-refractivity contribution < 1.29 is 14.3 Å². The minimum Gasteiger partial charge on any atom is -0.492 e. The van der Waals surface area contributed by atoms with E-state index in [0.717, 1.165) is 43.1 Å². The highest BCUT2D eigenvalue weighted by atomic mass is 16.6. The zero-order valence-electron chi connectivity index (χ0n) is 14.3. The van der Waals surface area contributed by atoms with Crippen LogP contribution in [-0.2, 0) is 9.53 Å². The molecule has 2 aromatic heterocycles. The third kappa shape index (κ3) is 3.66. The molecular formula is C18H22N4O3. The number of hydrogen-bond donors (Lipinski definition) is 0. The molecule has 4 heterocycles. The lowest BCUT2D eigenvalue weighted by molar-refractivity contribution is -0.130. The molecule has 0 spiro atoms. The second-order valence-corrected chi connectivity index (χ2v) is 6.59. The normalized spacial score (nSPS) is 20.5. The van der Waals surface area contributed by atoms with Crippen LogP contribution in [0.15, 0.2) is 30.6 Å². The fraction of sp³-hybridized carbons (Fsp3) is 0.500. The molecule has 7 heteroatoms. The van der Waals surface area contributed by atoms with Crippen LogP contribution in [-0.4, -0.2) is 51.9 Å². The van der Waals surface area contributed by atoms with Crippen LogP contribution in [0.3, 0.4) is 0 Å². The first-order valence-corrected chi connectivity index (χ1v) is 8.70. The lowest BCUT2D eigenvalue weighted by Gasteiger charge is -2.31. The van der Waals surface area contributed by atoms with E-state index in [0.29, 0.717) is 19.1 Å². The van der Waals surface area contributed by atoms with Crippen LogP contribution in [0.25, 0.3) is 11.4 Å². The highest BCUT2D eigenvalue weighted by Crippen LogP contribution is 2.29. The maximum atomic E-state index is 11.4. The molecule has 1 amide bonds. The van der Waals surface area contributed by atoms with E-state index < -0.39 is 0 Å². The van der Waals surface area contributed by atoms with Crippen molar-refractivity contribution in [3.63, 3.8) is 0 Å². The van der Waals surface area contributed by atoms with Gasteiger partial charge in [-0.25, -0.2) is 4.68 Å². The van der Waals surface area contributed by atoms with E-state index in [4.69, 9.17) is 9.47 Å². The Balaban J connectivity index is 1.32. The van der Waals surface area contributed by atoms with Crippen molar-refractivity contribution in [1.29, 1.82) is 0 Å². The standard InChI is InChI=1S/C18H22N4O3/c1-13(23)21-8-5-14(6-9-21)11-24-15-2-3-16(19-10-15)17-4-7-20-22(17)18-12-25-18/h2-4,7,10,14,18H,5-6,8-9,11-12H2,1H3. The summed E-state index contributed by atoms with van der Waals surface area (Å²) in [6.07, 6.45) is 5.54. The molecule has 0 radical (unpaired) electrons. The van der Waals surface area contributed by atoms with Crippen LogP contribution in [0.4, 0.5) is 0 Å². The van der Waals surface area contributed by atoms with Gasteiger partial charge < -0.3 is 14.4 Å². The summed E-state index contributed by atoms with van der Waals surface area (Å²) in [7, 11) is 0. The summed E-state index contributed by atoms with van der Waals surface area (Å²) >= 11 is 0. The second kappa shape index (κ2) is 6.84. The van der Waals surface area contributed by atoms with Gasteiger partial charge in [0.2, 0.25) is 5.91 Å². The molecule has 2 saturated heterocycles. The van der Waals surface area contributed by atoms with Crippen molar-refractivity contribution in [2.75, 3.05) is 26.3 Å². The quantitative estimate of drug-likeness (QED) is 0.778. The first-order valence-electron chi connectivity index (χ1n) is 8.70. The summed E-state index contributed by atoms with van der Waals surface area (Å²) in [5.74, 6) is 1.42. The minimum absolute atomic E-state index is 0.0450. The van der Waals surface area contributed by atoms with Crippen LogP contribution in [0, 0.1) is 5.92 Å². The van der Waals surface area contributed by atoms with Crippen LogP contribution in [0.2, 0.25) is 0 Å². The third-order valence-electron chi connectivity index (χ3n) is 4.80. The van der Waals surface area contributed by atoms with Gasteiger partial charge in [-0.1, -0.05) is 0 Å². The summed E-state index contributed by atoms with van der Waals surface area (Å²) in [5.41, 5.74) is 1.81. The van der Waals surface area contributed by atoms with E-state index >= 15 is 0 Å². The van der Waals surface area contributed by atoms with Crippen LogP contribution in [0.1, 0.15) is 26.0 Å². The molecule has 0 aromatic carbocycles. The summed E-state index contributed by atoms with van der Waals surface area (Å²) in [5, 5.41) is 4.29. The number of rotatable bonds is 5. The Morgan fingerprint density at radius 1 is 1.32 bits per heavy atom. The summed E-state index contributed by atoms with van der Waals surface area (Å²) in [4.78, 5) is 17.8. The molecule has 0 aliphatic carbocycles. The highest BCUT2D eigenvalue weighted by molar-refractivity contribution is 5.73. The van der Waals surface area contributed by atoms with Gasteiger partial charge in [-0.2, -0.15) is 5.10 Å². The van der Waals surface area contributed by atoms with Gasteiger partial charge >= 0.3 is 0 Å². The van der Waals surface area contributed by atoms with Gasteiger partial charge in [0.1, 0.15) is 5.75 Å². The maximum absolute atomic E-state index is 11.4. The molecule has 2 fully saturated rings. The highest BCUT2D eigenvalue weighted by Gasteiger charge is 2.28. The van der Waals surface area contributed by atoms with Gasteiger partial charge in [-0.3, -0.25) is 9.78 Å². The molecule has 25 heavy (non-hydrogen) atoms. The maximum Gasteiger partial charge on any atom is 0.219 e. The van der Waals surface area contributed by atoms with Gasteiger partial charge in [0.15, 0.2) is 6.23 Å². The van der Waals surface area contributed by atoms with Gasteiger partial charge in [0, 0.05) is 26.2 Å². The first-order chi connectivity index (χ1) is 12.2. The fourth-order valence-corrected chi connectivity index (χ4v) is 3.18. The Hall–Kier alpha value is -2.41. The van der Waals surface area contributed by atoms with Crippen molar-refractivity contribution >= 4 is 5.91 Å². The third-order valence-corrected chi connectivity index (χ3v) is 4.80. The SMILES string of the molecule is CC(=O)N1CCC(COc2ccc(-c3ccnn3C3CO3)nc2)CC1. The van der Waals surface area contributed by atoms with Crippen molar-refractivity contribution in [3.8, 4) is 17.1 Å².